The molecule has 6 heteroatoms. The molecule has 1 atom stereocenters. The highest BCUT2D eigenvalue weighted by Gasteiger charge is 2.20. The SMILES string of the molecule is CCCCCCCCCC/C=C\CCCCCCCCCCCCCCCCCCCC(=O)OCC(COC(=O)CCCCCCCCCCCCCCC)OC(=O)CCCCCCCCCCCCCCCCCCCCCC. The second kappa shape index (κ2) is 69.6. The molecular weight excluding hydrogens is 985 g/mol. The molecule has 0 spiro atoms. The monoisotopic (exact) mass is 1130 g/mol. The van der Waals surface area contributed by atoms with Crippen molar-refractivity contribution in [2.75, 3.05) is 13.2 Å². The summed E-state index contributed by atoms with van der Waals surface area (Å²) in [6.07, 6.45) is 84.0. The molecule has 0 radical (unpaired) electrons. The van der Waals surface area contributed by atoms with Gasteiger partial charge in [-0.3, -0.25) is 14.4 Å². The van der Waals surface area contributed by atoms with Crippen LogP contribution in [0.15, 0.2) is 12.2 Å². The number of carbonyl (C=O) groups is 3. The molecule has 0 rings (SSSR count). The first kappa shape index (κ1) is 78.1. The maximum atomic E-state index is 12.9. The molecule has 0 aliphatic rings. The molecule has 1 unspecified atom stereocenters. The largest absolute Gasteiger partial charge is 0.462 e. The van der Waals surface area contributed by atoms with E-state index in [9.17, 15) is 14.4 Å². The zero-order valence-corrected chi connectivity index (χ0v) is 54.6. The van der Waals surface area contributed by atoms with Crippen molar-refractivity contribution >= 4 is 17.9 Å². The average molecular weight is 1130 g/mol. The van der Waals surface area contributed by atoms with E-state index in [2.05, 4.69) is 32.9 Å². The lowest BCUT2D eigenvalue weighted by molar-refractivity contribution is -0.167. The second-order valence-electron chi connectivity index (χ2n) is 25.2. The van der Waals surface area contributed by atoms with Gasteiger partial charge in [-0.15, -0.1) is 0 Å². The van der Waals surface area contributed by atoms with E-state index in [1.807, 2.05) is 0 Å². The topological polar surface area (TPSA) is 78.9 Å². The van der Waals surface area contributed by atoms with Gasteiger partial charge in [0, 0.05) is 19.3 Å². The minimum atomic E-state index is -0.765. The molecule has 0 saturated carbocycles. The fourth-order valence-electron chi connectivity index (χ4n) is 11.5. The van der Waals surface area contributed by atoms with Gasteiger partial charge in [0.05, 0.1) is 0 Å². The summed E-state index contributed by atoms with van der Waals surface area (Å²) in [4.78, 5) is 38.4. The van der Waals surface area contributed by atoms with Gasteiger partial charge in [0.15, 0.2) is 6.10 Å². The lowest BCUT2D eigenvalue weighted by Gasteiger charge is -2.18. The molecule has 0 aromatic heterocycles. The first-order valence-corrected chi connectivity index (χ1v) is 36.7. The molecule has 6 nitrogen and oxygen atoms in total. The van der Waals surface area contributed by atoms with Crippen LogP contribution in [0, 0.1) is 0 Å². The first-order chi connectivity index (χ1) is 39.5. The highest BCUT2D eigenvalue weighted by atomic mass is 16.6. The Morgan fingerprint density at radius 1 is 0.237 bits per heavy atom. The second-order valence-corrected chi connectivity index (χ2v) is 25.2. The first-order valence-electron chi connectivity index (χ1n) is 36.7. The predicted molar refractivity (Wildman–Crippen MR) is 349 cm³/mol. The van der Waals surface area contributed by atoms with Crippen molar-refractivity contribution in [2.45, 2.75) is 431 Å². The predicted octanol–water partition coefficient (Wildman–Crippen LogP) is 25.2. The quantitative estimate of drug-likeness (QED) is 0.0261. The average Bonchev–Trinajstić information content (AvgIpc) is 3.46. The normalized spacial score (nSPS) is 12.0. The van der Waals surface area contributed by atoms with E-state index in [0.717, 1.165) is 57.8 Å². The van der Waals surface area contributed by atoms with Gasteiger partial charge in [-0.2, -0.15) is 0 Å². The van der Waals surface area contributed by atoms with E-state index in [-0.39, 0.29) is 31.1 Å². The third-order valence-electron chi connectivity index (χ3n) is 17.0. The van der Waals surface area contributed by atoms with E-state index >= 15 is 0 Å². The van der Waals surface area contributed by atoms with Gasteiger partial charge in [0.25, 0.3) is 0 Å². The Morgan fingerprint density at radius 2 is 0.412 bits per heavy atom. The Bertz CT molecular complexity index is 1250. The zero-order chi connectivity index (χ0) is 57.8. The number of hydrogen-bond acceptors (Lipinski definition) is 6. The van der Waals surface area contributed by atoms with Crippen LogP contribution in [-0.4, -0.2) is 37.2 Å². The van der Waals surface area contributed by atoms with E-state index in [4.69, 9.17) is 14.2 Å². The van der Waals surface area contributed by atoms with Crippen LogP contribution in [0.2, 0.25) is 0 Å². The van der Waals surface area contributed by atoms with Gasteiger partial charge in [-0.05, 0) is 44.9 Å². The maximum absolute atomic E-state index is 12.9. The van der Waals surface area contributed by atoms with E-state index in [1.54, 1.807) is 0 Å². The summed E-state index contributed by atoms with van der Waals surface area (Å²) in [7, 11) is 0. The molecule has 0 bridgehead atoms. The molecule has 0 aliphatic carbocycles. The summed E-state index contributed by atoms with van der Waals surface area (Å²) in [5.74, 6) is -0.824. The van der Waals surface area contributed by atoms with E-state index in [1.165, 1.54) is 327 Å². The van der Waals surface area contributed by atoms with Crippen LogP contribution in [0.3, 0.4) is 0 Å². The Hall–Kier alpha value is -1.85. The lowest BCUT2D eigenvalue weighted by Crippen LogP contribution is -2.30. The number of hydrogen-bond donors (Lipinski definition) is 0. The van der Waals surface area contributed by atoms with Gasteiger partial charge in [-0.25, -0.2) is 0 Å². The van der Waals surface area contributed by atoms with Gasteiger partial charge in [0.1, 0.15) is 13.2 Å². The standard InChI is InChI=1S/C74H142O6/c1-4-7-10-13-16-19-22-25-27-29-31-33-34-35-36-37-38-39-40-41-43-44-46-49-52-55-58-61-64-67-73(76)79-70-71(69-78-72(75)66-63-60-57-54-51-48-24-21-18-15-12-9-6-3)80-74(77)68-65-62-59-56-53-50-47-45-42-32-30-28-26-23-20-17-14-11-8-5-2/h29,31,71H,4-28,30,32-70H2,1-3H3/b31-29-. The number of allylic oxidation sites excluding steroid dienone is 2. The van der Waals surface area contributed by atoms with Crippen LogP contribution in [0.1, 0.15) is 425 Å². The number of esters is 3. The number of carbonyl (C=O) groups excluding carboxylic acids is 3. The summed E-state index contributed by atoms with van der Waals surface area (Å²) < 4.78 is 17.0. The highest BCUT2D eigenvalue weighted by Crippen LogP contribution is 2.19. The highest BCUT2D eigenvalue weighted by molar-refractivity contribution is 5.71. The van der Waals surface area contributed by atoms with Gasteiger partial charge in [0.2, 0.25) is 0 Å². The third-order valence-corrected chi connectivity index (χ3v) is 17.0. The fourth-order valence-corrected chi connectivity index (χ4v) is 11.5. The molecular formula is C74H142O6. The van der Waals surface area contributed by atoms with Crippen molar-refractivity contribution in [2.24, 2.45) is 0 Å². The molecule has 0 amide bonds. The van der Waals surface area contributed by atoms with Crippen LogP contribution in [0.5, 0.6) is 0 Å². The van der Waals surface area contributed by atoms with Crippen molar-refractivity contribution in [1.29, 1.82) is 0 Å². The number of rotatable bonds is 69. The molecule has 0 saturated heterocycles. The van der Waals surface area contributed by atoms with Crippen LogP contribution in [0.4, 0.5) is 0 Å². The molecule has 0 aromatic carbocycles. The van der Waals surface area contributed by atoms with Crippen LogP contribution < -0.4 is 0 Å². The summed E-state index contributed by atoms with van der Waals surface area (Å²) in [6, 6.07) is 0. The Kier molecular flexibility index (Phi) is 68.0. The molecule has 80 heavy (non-hydrogen) atoms. The third kappa shape index (κ3) is 66.9. The van der Waals surface area contributed by atoms with E-state index in [0.29, 0.717) is 19.3 Å². The van der Waals surface area contributed by atoms with Crippen molar-refractivity contribution in [3.8, 4) is 0 Å². The van der Waals surface area contributed by atoms with E-state index < -0.39 is 6.10 Å². The van der Waals surface area contributed by atoms with Crippen molar-refractivity contribution in [3.63, 3.8) is 0 Å². The Morgan fingerprint density at radius 3 is 0.625 bits per heavy atom. The molecule has 0 heterocycles. The van der Waals surface area contributed by atoms with Crippen LogP contribution in [-0.2, 0) is 28.6 Å². The van der Waals surface area contributed by atoms with Crippen molar-refractivity contribution in [1.82, 2.24) is 0 Å². The molecule has 0 N–H and O–H groups in total. The van der Waals surface area contributed by atoms with Gasteiger partial charge < -0.3 is 14.2 Å². The molecule has 474 valence electrons. The zero-order valence-electron chi connectivity index (χ0n) is 54.6. The summed E-state index contributed by atoms with van der Waals surface area (Å²) >= 11 is 0. The Balaban J connectivity index is 4.15. The number of ether oxygens (including phenoxy) is 3. The van der Waals surface area contributed by atoms with Crippen LogP contribution in [0.25, 0.3) is 0 Å². The fraction of sp³-hybridized carbons (Fsp3) is 0.932. The van der Waals surface area contributed by atoms with Gasteiger partial charge in [-0.1, -0.05) is 373 Å². The number of unbranched alkanes of at least 4 members (excludes halogenated alkanes) is 56. The summed E-state index contributed by atoms with van der Waals surface area (Å²) in [5.41, 5.74) is 0. The Labute approximate surface area is 501 Å². The minimum Gasteiger partial charge on any atom is -0.462 e. The summed E-state index contributed by atoms with van der Waals surface area (Å²) in [6.45, 7) is 6.73. The molecule has 0 aromatic rings. The van der Waals surface area contributed by atoms with Crippen molar-refractivity contribution < 1.29 is 28.6 Å². The summed E-state index contributed by atoms with van der Waals surface area (Å²) in [5, 5.41) is 0. The molecule has 0 fully saturated rings. The maximum Gasteiger partial charge on any atom is 0.306 e. The lowest BCUT2D eigenvalue weighted by atomic mass is 10.0. The van der Waals surface area contributed by atoms with Crippen molar-refractivity contribution in [3.05, 3.63) is 12.2 Å². The van der Waals surface area contributed by atoms with Crippen LogP contribution >= 0.6 is 0 Å². The van der Waals surface area contributed by atoms with Gasteiger partial charge >= 0.3 is 17.9 Å². The molecule has 0 aliphatic heterocycles. The minimum absolute atomic E-state index is 0.0619. The smallest absolute Gasteiger partial charge is 0.306 e.